The van der Waals surface area contributed by atoms with Gasteiger partial charge in [-0.3, -0.25) is 0 Å². The molecular weight excluding hydrogens is 182 g/mol. The van der Waals surface area contributed by atoms with Gasteiger partial charge in [0.1, 0.15) is 0 Å². The van der Waals surface area contributed by atoms with E-state index in [4.69, 9.17) is 10.8 Å². The van der Waals surface area contributed by atoms with Gasteiger partial charge in [0.05, 0.1) is 0 Å². The molecule has 5 N–H and O–H groups in total. The van der Waals surface area contributed by atoms with E-state index in [0.717, 1.165) is 0 Å². The Bertz CT molecular complexity index is 323. The van der Waals surface area contributed by atoms with Crippen LogP contribution in [-0.2, 0) is 5.54 Å². The lowest BCUT2D eigenvalue weighted by Gasteiger charge is -2.25. The molecule has 0 aliphatic heterocycles. The zero-order chi connectivity index (χ0) is 10.8. The quantitative estimate of drug-likeness (QED) is 0.536. The van der Waals surface area contributed by atoms with Crippen LogP contribution in [0.1, 0.15) is 18.9 Å². The smallest absolute Gasteiger partial charge is 0.162 e. The molecule has 1 atom stereocenters. The number of rotatable bonds is 3. The third-order valence-corrected chi connectivity index (χ3v) is 2.26. The highest BCUT2D eigenvalue weighted by atomic mass is 16.3. The van der Waals surface area contributed by atoms with Gasteiger partial charge in [-0.1, -0.05) is 12.1 Å². The van der Waals surface area contributed by atoms with Gasteiger partial charge in [-0.2, -0.15) is 0 Å². The molecule has 14 heavy (non-hydrogen) atoms. The Morgan fingerprint density at radius 2 is 2.00 bits per heavy atom. The van der Waals surface area contributed by atoms with Crippen molar-refractivity contribution in [2.75, 3.05) is 6.61 Å². The lowest BCUT2D eigenvalue weighted by molar-refractivity contribution is 0.244. The SMILES string of the molecule is C[C@@](N)(CCO)c1cccc(O)c1O. The zero-order valence-electron chi connectivity index (χ0n) is 8.07. The average molecular weight is 197 g/mol. The average Bonchev–Trinajstić information content (AvgIpc) is 2.09. The Morgan fingerprint density at radius 3 is 2.57 bits per heavy atom. The van der Waals surface area contributed by atoms with E-state index in [1.807, 2.05) is 0 Å². The van der Waals surface area contributed by atoms with Crippen LogP contribution >= 0.6 is 0 Å². The van der Waals surface area contributed by atoms with Crippen LogP contribution in [-0.4, -0.2) is 21.9 Å². The fourth-order valence-electron chi connectivity index (χ4n) is 1.36. The predicted molar refractivity (Wildman–Crippen MR) is 53.0 cm³/mol. The van der Waals surface area contributed by atoms with Gasteiger partial charge in [-0.15, -0.1) is 0 Å². The maximum atomic E-state index is 9.55. The molecule has 4 heteroatoms. The highest BCUT2D eigenvalue weighted by molar-refractivity contribution is 5.47. The lowest BCUT2D eigenvalue weighted by Crippen LogP contribution is -2.34. The van der Waals surface area contributed by atoms with Crippen molar-refractivity contribution < 1.29 is 15.3 Å². The standard InChI is InChI=1S/C10H15NO3/c1-10(11,5-6-12)7-3-2-4-8(13)9(7)14/h2-4,12-14H,5-6,11H2,1H3/t10-/m1/s1. The summed E-state index contributed by atoms with van der Waals surface area (Å²) in [6, 6.07) is 4.62. The van der Waals surface area contributed by atoms with Crippen molar-refractivity contribution in [1.29, 1.82) is 0 Å². The molecule has 0 aliphatic rings. The summed E-state index contributed by atoms with van der Waals surface area (Å²) in [4.78, 5) is 0. The summed E-state index contributed by atoms with van der Waals surface area (Å²) in [6.45, 7) is 1.62. The largest absolute Gasteiger partial charge is 0.504 e. The van der Waals surface area contributed by atoms with Crippen molar-refractivity contribution in [3.8, 4) is 11.5 Å². The lowest BCUT2D eigenvalue weighted by atomic mass is 9.89. The Kier molecular flexibility index (Phi) is 2.98. The third kappa shape index (κ3) is 1.97. The van der Waals surface area contributed by atoms with Crippen LogP contribution in [0.15, 0.2) is 18.2 Å². The van der Waals surface area contributed by atoms with Crippen molar-refractivity contribution >= 4 is 0 Å². The normalized spacial score (nSPS) is 15.1. The molecule has 1 aromatic rings. The summed E-state index contributed by atoms with van der Waals surface area (Å²) in [6.07, 6.45) is 0.323. The van der Waals surface area contributed by atoms with Crippen molar-refractivity contribution in [3.63, 3.8) is 0 Å². The van der Waals surface area contributed by atoms with Crippen molar-refractivity contribution in [2.45, 2.75) is 18.9 Å². The molecule has 0 fully saturated rings. The monoisotopic (exact) mass is 197 g/mol. The summed E-state index contributed by atoms with van der Waals surface area (Å²) in [5, 5.41) is 27.6. The Balaban J connectivity index is 3.12. The topological polar surface area (TPSA) is 86.7 Å². The molecule has 4 nitrogen and oxygen atoms in total. The summed E-state index contributed by atoms with van der Waals surface area (Å²) in [5.41, 5.74) is 5.49. The van der Waals surface area contributed by atoms with Gasteiger partial charge in [0.15, 0.2) is 11.5 Å². The van der Waals surface area contributed by atoms with Gasteiger partial charge in [0.25, 0.3) is 0 Å². The minimum atomic E-state index is -0.836. The van der Waals surface area contributed by atoms with Crippen LogP contribution in [0, 0.1) is 0 Å². The number of phenolic OH excluding ortho intramolecular Hbond substituents is 2. The molecule has 0 radical (unpaired) electrons. The first-order valence-corrected chi connectivity index (χ1v) is 4.40. The number of benzene rings is 1. The minimum absolute atomic E-state index is 0.0674. The first kappa shape index (κ1) is 10.8. The highest BCUT2D eigenvalue weighted by Gasteiger charge is 2.24. The van der Waals surface area contributed by atoms with Crippen molar-refractivity contribution in [3.05, 3.63) is 23.8 Å². The molecule has 1 rings (SSSR count). The van der Waals surface area contributed by atoms with E-state index in [9.17, 15) is 10.2 Å². The van der Waals surface area contributed by atoms with E-state index < -0.39 is 5.54 Å². The van der Waals surface area contributed by atoms with E-state index in [-0.39, 0.29) is 18.1 Å². The van der Waals surface area contributed by atoms with E-state index in [2.05, 4.69) is 0 Å². The zero-order valence-corrected chi connectivity index (χ0v) is 8.07. The van der Waals surface area contributed by atoms with Gasteiger partial charge in [-0.25, -0.2) is 0 Å². The van der Waals surface area contributed by atoms with E-state index in [1.165, 1.54) is 6.07 Å². The Hall–Kier alpha value is -1.26. The molecule has 0 aromatic heterocycles. The van der Waals surface area contributed by atoms with Crippen LogP contribution in [0.5, 0.6) is 11.5 Å². The molecule has 1 aromatic carbocycles. The molecule has 0 amide bonds. The first-order valence-electron chi connectivity index (χ1n) is 4.40. The van der Waals surface area contributed by atoms with Crippen LogP contribution in [0.3, 0.4) is 0 Å². The third-order valence-electron chi connectivity index (χ3n) is 2.26. The number of para-hydroxylation sites is 1. The summed E-state index contributed by atoms with van der Waals surface area (Å²) < 4.78 is 0. The number of aromatic hydroxyl groups is 2. The molecule has 78 valence electrons. The maximum absolute atomic E-state index is 9.55. The van der Waals surface area contributed by atoms with E-state index in [1.54, 1.807) is 19.1 Å². The minimum Gasteiger partial charge on any atom is -0.504 e. The predicted octanol–water partition coefficient (Wildman–Crippen LogP) is 0.654. The number of hydrogen-bond acceptors (Lipinski definition) is 4. The number of hydrogen-bond donors (Lipinski definition) is 4. The Labute approximate surface area is 82.6 Å². The van der Waals surface area contributed by atoms with Gasteiger partial charge < -0.3 is 21.1 Å². The molecule has 0 saturated heterocycles. The van der Waals surface area contributed by atoms with Crippen LogP contribution in [0.2, 0.25) is 0 Å². The van der Waals surface area contributed by atoms with Gasteiger partial charge in [0.2, 0.25) is 0 Å². The van der Waals surface area contributed by atoms with Gasteiger partial charge in [-0.05, 0) is 19.4 Å². The van der Waals surface area contributed by atoms with Crippen LogP contribution in [0.25, 0.3) is 0 Å². The van der Waals surface area contributed by atoms with Crippen LogP contribution in [0.4, 0.5) is 0 Å². The van der Waals surface area contributed by atoms with Crippen molar-refractivity contribution in [1.82, 2.24) is 0 Å². The molecule has 0 spiro atoms. The van der Waals surface area contributed by atoms with Gasteiger partial charge in [0, 0.05) is 17.7 Å². The number of nitrogens with two attached hydrogens (primary N) is 1. The molecular formula is C10H15NO3. The number of aliphatic hydroxyl groups is 1. The summed E-state index contributed by atoms with van der Waals surface area (Å²) in [5.74, 6) is -0.414. The number of aliphatic hydroxyl groups excluding tert-OH is 1. The molecule has 0 unspecified atom stereocenters. The van der Waals surface area contributed by atoms with Crippen molar-refractivity contribution in [2.24, 2.45) is 5.73 Å². The molecule has 0 bridgehead atoms. The van der Waals surface area contributed by atoms with Crippen LogP contribution < -0.4 is 5.73 Å². The maximum Gasteiger partial charge on any atom is 0.162 e. The highest BCUT2D eigenvalue weighted by Crippen LogP contribution is 2.35. The van der Waals surface area contributed by atoms with E-state index >= 15 is 0 Å². The Morgan fingerprint density at radius 1 is 1.36 bits per heavy atom. The summed E-state index contributed by atoms with van der Waals surface area (Å²) >= 11 is 0. The first-order chi connectivity index (χ1) is 6.49. The van der Waals surface area contributed by atoms with E-state index in [0.29, 0.717) is 12.0 Å². The summed E-state index contributed by atoms with van der Waals surface area (Å²) in [7, 11) is 0. The second kappa shape index (κ2) is 3.86. The number of phenols is 2. The van der Waals surface area contributed by atoms with Gasteiger partial charge >= 0.3 is 0 Å². The fourth-order valence-corrected chi connectivity index (χ4v) is 1.36. The second-order valence-electron chi connectivity index (χ2n) is 3.56. The molecule has 0 heterocycles. The molecule has 0 aliphatic carbocycles. The fraction of sp³-hybridized carbons (Fsp3) is 0.400. The second-order valence-corrected chi connectivity index (χ2v) is 3.56. The molecule has 0 saturated carbocycles.